The van der Waals surface area contributed by atoms with E-state index in [1.54, 1.807) is 0 Å². The third kappa shape index (κ3) is 8.42. The normalized spacial score (nSPS) is 13.9. The molecule has 9 heteroatoms. The van der Waals surface area contributed by atoms with Crippen LogP contribution in [0.25, 0.3) is 0 Å². The Balaban J connectivity index is 6.51. The van der Waals surface area contributed by atoms with Crippen LogP contribution in [0.2, 0.25) is 51.4 Å². The van der Waals surface area contributed by atoms with Crippen LogP contribution in [0.5, 0.6) is 0 Å². The average Bonchev–Trinajstić information content (AvgIpc) is 2.58. The molecule has 0 saturated heterocycles. The molecule has 0 heterocycles. The van der Waals surface area contributed by atoms with Crippen LogP contribution in [0, 0.1) is 0 Å². The van der Waals surface area contributed by atoms with Crippen molar-refractivity contribution in [2.45, 2.75) is 65.2 Å². The van der Waals surface area contributed by atoms with Crippen molar-refractivity contribution in [1.29, 1.82) is 0 Å². The first-order valence-electron chi connectivity index (χ1n) is 9.54. The minimum Gasteiger partial charge on any atom is -0.392 e. The highest BCUT2D eigenvalue weighted by Crippen LogP contribution is 2.33. The van der Waals surface area contributed by atoms with Gasteiger partial charge in [-0.05, 0) is 51.4 Å². The van der Waals surface area contributed by atoms with Gasteiger partial charge in [0.1, 0.15) is 0 Å². The van der Waals surface area contributed by atoms with E-state index in [4.69, 9.17) is 16.5 Å². The van der Waals surface area contributed by atoms with E-state index >= 15 is 0 Å². The first kappa shape index (κ1) is 26.9. The van der Waals surface area contributed by atoms with Crippen molar-refractivity contribution >= 4 is 42.3 Å². The Labute approximate surface area is 173 Å². The van der Waals surface area contributed by atoms with E-state index in [2.05, 4.69) is 79.4 Å². The molecular weight excluding hydrogens is 421 g/mol. The van der Waals surface area contributed by atoms with Gasteiger partial charge < -0.3 is 16.5 Å². The monoisotopic (exact) mass is 460 g/mol. The Hall–Kier alpha value is -0.116. The molecule has 0 aromatic carbocycles. The molecule has 0 aliphatic carbocycles. The van der Waals surface area contributed by atoms with Crippen LogP contribution in [0.1, 0.15) is 13.8 Å². The fraction of sp³-hybridized carbons (Fsp3) is 0.556. The van der Waals surface area contributed by atoms with E-state index in [1.165, 1.54) is 0 Å². The van der Waals surface area contributed by atoms with Crippen molar-refractivity contribution in [1.82, 2.24) is 0 Å². The topological polar surface area (TPSA) is 36.9 Å². The molecule has 0 aromatic heterocycles. The molecule has 0 radical (unpaired) electrons. The average molecular weight is 461 g/mol. The minimum atomic E-state index is -3.50. The second-order valence-corrected chi connectivity index (χ2v) is 27.4. The lowest BCUT2D eigenvalue weighted by Crippen LogP contribution is -2.66. The Bertz CT molecular complexity index is 487. The quantitative estimate of drug-likeness (QED) is 0.298. The highest BCUT2D eigenvalue weighted by atomic mass is 28.5. The number of hydrogen-bond acceptors (Lipinski definition) is 4. The van der Waals surface area contributed by atoms with Gasteiger partial charge in [-0.2, -0.15) is 0 Å². The van der Waals surface area contributed by atoms with Crippen LogP contribution < -0.4 is 0 Å². The maximum Gasteiger partial charge on any atom is 0.637 e. The summed E-state index contributed by atoms with van der Waals surface area (Å²) < 4.78 is 26.8. The first-order valence-corrected chi connectivity index (χ1v) is 22.5. The molecule has 0 aliphatic rings. The van der Waals surface area contributed by atoms with Crippen molar-refractivity contribution in [3.8, 4) is 0 Å². The third-order valence-electron chi connectivity index (χ3n) is 4.54. The summed E-state index contributed by atoms with van der Waals surface area (Å²) in [5.74, 6) is 0. The summed E-state index contributed by atoms with van der Waals surface area (Å²) in [6.07, 6.45) is 0. The predicted molar refractivity (Wildman–Crippen MR) is 130 cm³/mol. The van der Waals surface area contributed by atoms with Gasteiger partial charge in [0.25, 0.3) is 0 Å². The van der Waals surface area contributed by atoms with Gasteiger partial charge in [-0.1, -0.05) is 36.6 Å². The lowest BCUT2D eigenvalue weighted by Gasteiger charge is -2.45. The summed E-state index contributed by atoms with van der Waals surface area (Å²) in [7, 11) is -12.6. The fourth-order valence-electron chi connectivity index (χ4n) is 2.19. The van der Waals surface area contributed by atoms with E-state index in [0.29, 0.717) is 0 Å². The van der Waals surface area contributed by atoms with E-state index in [1.807, 2.05) is 22.8 Å². The molecule has 4 nitrogen and oxygen atoms in total. The van der Waals surface area contributed by atoms with Crippen molar-refractivity contribution in [2.75, 3.05) is 0 Å². The molecule has 0 spiro atoms. The SMILES string of the molecule is C=C[Si](C)(C)O[Si](O[Si](C)(C)C=C)(O[Si](C)(C)C=C)O[Si](C=C)(CC)CC. The van der Waals surface area contributed by atoms with Crippen LogP contribution in [-0.4, -0.2) is 42.3 Å². The van der Waals surface area contributed by atoms with Gasteiger partial charge in [-0.15, -0.1) is 26.3 Å². The van der Waals surface area contributed by atoms with Gasteiger partial charge in [-0.25, -0.2) is 0 Å². The Morgan fingerprint density at radius 1 is 0.556 bits per heavy atom. The smallest absolute Gasteiger partial charge is 0.392 e. The maximum atomic E-state index is 6.84. The lowest BCUT2D eigenvalue weighted by atomic mass is 10.9. The summed E-state index contributed by atoms with van der Waals surface area (Å²) in [6.45, 7) is 32.8. The zero-order valence-corrected chi connectivity index (χ0v) is 23.7. The van der Waals surface area contributed by atoms with Gasteiger partial charge in [0.15, 0.2) is 0 Å². The highest BCUT2D eigenvalue weighted by Gasteiger charge is 2.58. The summed E-state index contributed by atoms with van der Waals surface area (Å²) in [5, 5.41) is 0. The fourth-order valence-corrected chi connectivity index (χ4v) is 18.7. The van der Waals surface area contributed by atoms with Crippen molar-refractivity contribution in [2.24, 2.45) is 0 Å². The standard InChI is InChI=1S/C18H40O4Si5/c1-13-23(7,8)19-27(20-24(9,10)14-2,21-25(11,12)15-3)22-26(16-4,17-5)18-6/h13-16H,1-4,17-18H2,5-12H3. The van der Waals surface area contributed by atoms with Crippen LogP contribution in [-0.2, 0) is 16.5 Å². The molecule has 0 aromatic rings. The zero-order valence-electron chi connectivity index (χ0n) is 18.7. The Morgan fingerprint density at radius 2 is 0.852 bits per heavy atom. The van der Waals surface area contributed by atoms with Gasteiger partial charge in [-0.3, -0.25) is 0 Å². The summed E-state index contributed by atoms with van der Waals surface area (Å²) >= 11 is 0. The summed E-state index contributed by atoms with van der Waals surface area (Å²) in [5.41, 5.74) is 7.67. The first-order chi connectivity index (χ1) is 12.2. The van der Waals surface area contributed by atoms with Gasteiger partial charge in [0.2, 0.25) is 33.3 Å². The van der Waals surface area contributed by atoms with E-state index < -0.39 is 42.3 Å². The maximum absolute atomic E-state index is 6.84. The minimum absolute atomic E-state index is 0.889. The third-order valence-corrected chi connectivity index (χ3v) is 22.6. The van der Waals surface area contributed by atoms with E-state index in [-0.39, 0.29) is 0 Å². The zero-order chi connectivity index (χ0) is 21.6. The Kier molecular flexibility index (Phi) is 10.0. The number of rotatable bonds is 14. The molecule has 0 atom stereocenters. The summed E-state index contributed by atoms with van der Waals surface area (Å²) in [4.78, 5) is 0. The molecule has 27 heavy (non-hydrogen) atoms. The molecule has 0 rings (SSSR count). The molecule has 0 N–H and O–H groups in total. The molecule has 0 bridgehead atoms. The van der Waals surface area contributed by atoms with Crippen LogP contribution in [0.15, 0.2) is 49.1 Å². The number of hydrogen-bond donors (Lipinski definition) is 0. The second kappa shape index (κ2) is 10.1. The molecule has 0 aliphatic heterocycles. The van der Waals surface area contributed by atoms with Crippen LogP contribution in [0.3, 0.4) is 0 Å². The molecule has 0 amide bonds. The highest BCUT2D eigenvalue weighted by molar-refractivity contribution is 6.95. The van der Waals surface area contributed by atoms with Gasteiger partial charge in [0.05, 0.1) is 0 Å². The molecule has 156 valence electrons. The predicted octanol–water partition coefficient (Wildman–Crippen LogP) is 5.99. The molecule has 0 unspecified atom stereocenters. The van der Waals surface area contributed by atoms with Gasteiger partial charge in [0, 0.05) is 0 Å². The Morgan fingerprint density at radius 3 is 1.04 bits per heavy atom. The van der Waals surface area contributed by atoms with E-state index in [9.17, 15) is 0 Å². The van der Waals surface area contributed by atoms with Crippen molar-refractivity contribution < 1.29 is 16.5 Å². The van der Waals surface area contributed by atoms with Gasteiger partial charge >= 0.3 is 9.05 Å². The van der Waals surface area contributed by atoms with Crippen LogP contribution in [0.4, 0.5) is 0 Å². The van der Waals surface area contributed by atoms with Crippen molar-refractivity contribution in [3.05, 3.63) is 49.1 Å². The van der Waals surface area contributed by atoms with Crippen LogP contribution >= 0.6 is 0 Å². The molecular formula is C18H40O4Si5. The second-order valence-electron chi connectivity index (χ2n) is 8.31. The largest absolute Gasteiger partial charge is 0.637 e. The van der Waals surface area contributed by atoms with Crippen molar-refractivity contribution in [3.63, 3.8) is 0 Å². The molecule has 0 saturated carbocycles. The molecule has 0 fully saturated rings. The lowest BCUT2D eigenvalue weighted by molar-refractivity contribution is 0.151. The van der Waals surface area contributed by atoms with E-state index in [0.717, 1.165) is 12.1 Å². The summed E-state index contributed by atoms with van der Waals surface area (Å²) in [6, 6.07) is 1.78.